The Balaban J connectivity index is 1.46. The summed E-state index contributed by atoms with van der Waals surface area (Å²) in [6.45, 7) is 3.32. The van der Waals surface area contributed by atoms with Crippen molar-refractivity contribution in [2.75, 3.05) is 13.1 Å². The van der Waals surface area contributed by atoms with Gasteiger partial charge in [-0.1, -0.05) is 0 Å². The number of aromatic nitrogens is 2. The standard InChI is InChI=1S/C12H18N4/c1-2-12(1)16-6-3-10(9-16)15-8-11-7-13-4-5-14-11/h4-5,7,10,12,15H,1-3,6,8-9H2. The Labute approximate surface area is 96.1 Å². The number of rotatable bonds is 4. The molecule has 4 heteroatoms. The van der Waals surface area contributed by atoms with E-state index in [0.29, 0.717) is 6.04 Å². The van der Waals surface area contributed by atoms with Crippen LogP contribution in [0.1, 0.15) is 25.0 Å². The third kappa shape index (κ3) is 2.39. The highest BCUT2D eigenvalue weighted by Gasteiger charge is 2.33. The van der Waals surface area contributed by atoms with Crippen LogP contribution < -0.4 is 5.32 Å². The largest absolute Gasteiger partial charge is 0.307 e. The SMILES string of the molecule is c1cnc(CNC2CCN(C3CC3)C2)cn1. The molecule has 1 aromatic heterocycles. The van der Waals surface area contributed by atoms with Crippen LogP contribution in [0.5, 0.6) is 0 Å². The van der Waals surface area contributed by atoms with Crippen molar-refractivity contribution >= 4 is 0 Å². The second-order valence-electron chi connectivity index (χ2n) is 4.79. The number of hydrogen-bond donors (Lipinski definition) is 1. The zero-order valence-corrected chi connectivity index (χ0v) is 9.47. The van der Waals surface area contributed by atoms with Gasteiger partial charge in [-0.25, -0.2) is 0 Å². The summed E-state index contributed by atoms with van der Waals surface area (Å²) in [5.74, 6) is 0. The lowest BCUT2D eigenvalue weighted by Gasteiger charge is -2.15. The van der Waals surface area contributed by atoms with E-state index in [0.717, 1.165) is 18.3 Å². The maximum absolute atomic E-state index is 4.27. The molecule has 1 aliphatic carbocycles. The van der Waals surface area contributed by atoms with Crippen LogP contribution in [0.4, 0.5) is 0 Å². The van der Waals surface area contributed by atoms with Gasteiger partial charge in [0.1, 0.15) is 0 Å². The first-order chi connectivity index (χ1) is 7.92. The molecule has 16 heavy (non-hydrogen) atoms. The Kier molecular flexibility index (Phi) is 2.84. The van der Waals surface area contributed by atoms with Gasteiger partial charge in [-0.3, -0.25) is 14.9 Å². The van der Waals surface area contributed by atoms with E-state index >= 15 is 0 Å². The molecule has 1 aromatic rings. The lowest BCUT2D eigenvalue weighted by molar-refractivity contribution is 0.317. The van der Waals surface area contributed by atoms with Gasteiger partial charge in [0.25, 0.3) is 0 Å². The molecule has 1 saturated carbocycles. The number of nitrogens with zero attached hydrogens (tertiary/aromatic N) is 3. The van der Waals surface area contributed by atoms with Gasteiger partial charge in [0.15, 0.2) is 0 Å². The van der Waals surface area contributed by atoms with Crippen molar-refractivity contribution in [1.82, 2.24) is 20.2 Å². The van der Waals surface area contributed by atoms with Crippen LogP contribution in [-0.2, 0) is 6.54 Å². The molecular weight excluding hydrogens is 200 g/mol. The quantitative estimate of drug-likeness (QED) is 0.811. The summed E-state index contributed by atoms with van der Waals surface area (Å²) >= 11 is 0. The predicted molar refractivity (Wildman–Crippen MR) is 61.9 cm³/mol. The van der Waals surface area contributed by atoms with Crippen LogP contribution >= 0.6 is 0 Å². The van der Waals surface area contributed by atoms with Crippen LogP contribution in [0.15, 0.2) is 18.6 Å². The Bertz CT molecular complexity index is 336. The van der Waals surface area contributed by atoms with Crippen molar-refractivity contribution in [3.05, 3.63) is 24.3 Å². The van der Waals surface area contributed by atoms with Crippen molar-refractivity contribution in [3.8, 4) is 0 Å². The smallest absolute Gasteiger partial charge is 0.0724 e. The van der Waals surface area contributed by atoms with Gasteiger partial charge >= 0.3 is 0 Å². The molecule has 1 unspecified atom stereocenters. The van der Waals surface area contributed by atoms with Crippen LogP contribution in [0.3, 0.4) is 0 Å². The molecule has 2 fully saturated rings. The molecule has 3 rings (SSSR count). The molecule has 0 radical (unpaired) electrons. The lowest BCUT2D eigenvalue weighted by Crippen LogP contribution is -2.33. The maximum Gasteiger partial charge on any atom is 0.0724 e. The first kappa shape index (κ1) is 10.2. The number of hydrogen-bond acceptors (Lipinski definition) is 4. The van der Waals surface area contributed by atoms with E-state index in [-0.39, 0.29) is 0 Å². The maximum atomic E-state index is 4.27. The summed E-state index contributed by atoms with van der Waals surface area (Å²) in [5, 5.41) is 3.57. The Morgan fingerprint density at radius 3 is 3.00 bits per heavy atom. The molecule has 1 aliphatic heterocycles. The summed E-state index contributed by atoms with van der Waals surface area (Å²) in [5.41, 5.74) is 1.03. The molecule has 4 nitrogen and oxygen atoms in total. The van der Waals surface area contributed by atoms with Gasteiger partial charge in [-0.05, 0) is 19.3 Å². The van der Waals surface area contributed by atoms with Crippen molar-refractivity contribution in [3.63, 3.8) is 0 Å². The summed E-state index contributed by atoms with van der Waals surface area (Å²) in [6, 6.07) is 1.55. The van der Waals surface area contributed by atoms with Crippen LogP contribution in [-0.4, -0.2) is 40.0 Å². The summed E-state index contributed by atoms with van der Waals surface area (Å²) in [7, 11) is 0. The van der Waals surface area contributed by atoms with E-state index in [4.69, 9.17) is 0 Å². The van der Waals surface area contributed by atoms with E-state index in [2.05, 4.69) is 20.2 Å². The first-order valence-corrected chi connectivity index (χ1v) is 6.14. The molecule has 0 aromatic carbocycles. The van der Waals surface area contributed by atoms with E-state index in [1.807, 2.05) is 6.20 Å². The number of likely N-dealkylation sites (tertiary alicyclic amines) is 1. The minimum absolute atomic E-state index is 0.641. The topological polar surface area (TPSA) is 41.1 Å². The van der Waals surface area contributed by atoms with E-state index in [1.165, 1.54) is 32.4 Å². The van der Waals surface area contributed by atoms with Gasteiger partial charge in [0.05, 0.1) is 5.69 Å². The molecule has 2 heterocycles. The normalized spacial score (nSPS) is 26.1. The average Bonchev–Trinajstić information content (AvgIpc) is 3.08. The molecule has 1 saturated heterocycles. The van der Waals surface area contributed by atoms with E-state index in [9.17, 15) is 0 Å². The lowest BCUT2D eigenvalue weighted by atomic mass is 10.2. The van der Waals surface area contributed by atoms with E-state index in [1.54, 1.807) is 12.4 Å². The first-order valence-electron chi connectivity index (χ1n) is 6.14. The molecule has 0 bridgehead atoms. The van der Waals surface area contributed by atoms with Crippen molar-refractivity contribution in [2.45, 2.75) is 37.9 Å². The Hall–Kier alpha value is -1.00. The minimum atomic E-state index is 0.641. The molecule has 0 spiro atoms. The monoisotopic (exact) mass is 218 g/mol. The Morgan fingerprint density at radius 2 is 2.25 bits per heavy atom. The zero-order valence-electron chi connectivity index (χ0n) is 9.47. The predicted octanol–water partition coefficient (Wildman–Crippen LogP) is 0.803. The molecule has 2 aliphatic rings. The average molecular weight is 218 g/mol. The van der Waals surface area contributed by atoms with Gasteiger partial charge in [0, 0.05) is 50.3 Å². The second-order valence-corrected chi connectivity index (χ2v) is 4.79. The summed E-state index contributed by atoms with van der Waals surface area (Å²) < 4.78 is 0. The highest BCUT2D eigenvalue weighted by Crippen LogP contribution is 2.29. The minimum Gasteiger partial charge on any atom is -0.307 e. The van der Waals surface area contributed by atoms with Gasteiger partial charge < -0.3 is 5.32 Å². The third-order valence-corrected chi connectivity index (χ3v) is 3.47. The van der Waals surface area contributed by atoms with Gasteiger partial charge in [-0.15, -0.1) is 0 Å². The molecular formula is C12H18N4. The summed E-state index contributed by atoms with van der Waals surface area (Å²) in [4.78, 5) is 11.0. The molecule has 0 amide bonds. The highest BCUT2D eigenvalue weighted by atomic mass is 15.2. The fourth-order valence-electron chi connectivity index (χ4n) is 2.40. The van der Waals surface area contributed by atoms with E-state index < -0.39 is 0 Å². The molecule has 1 atom stereocenters. The summed E-state index contributed by atoms with van der Waals surface area (Å²) in [6.07, 6.45) is 9.40. The van der Waals surface area contributed by atoms with Crippen molar-refractivity contribution in [1.29, 1.82) is 0 Å². The van der Waals surface area contributed by atoms with Crippen molar-refractivity contribution < 1.29 is 0 Å². The zero-order chi connectivity index (χ0) is 10.8. The van der Waals surface area contributed by atoms with Crippen LogP contribution in [0, 0.1) is 0 Å². The number of nitrogens with one attached hydrogen (secondary N) is 1. The fourth-order valence-corrected chi connectivity index (χ4v) is 2.40. The van der Waals surface area contributed by atoms with Crippen LogP contribution in [0.25, 0.3) is 0 Å². The fraction of sp³-hybridized carbons (Fsp3) is 0.667. The third-order valence-electron chi connectivity index (χ3n) is 3.47. The molecule has 1 N–H and O–H groups in total. The van der Waals surface area contributed by atoms with Gasteiger partial charge in [-0.2, -0.15) is 0 Å². The highest BCUT2D eigenvalue weighted by molar-refractivity contribution is 4.96. The second kappa shape index (κ2) is 4.47. The van der Waals surface area contributed by atoms with Gasteiger partial charge in [0.2, 0.25) is 0 Å². The Morgan fingerprint density at radius 1 is 1.31 bits per heavy atom. The van der Waals surface area contributed by atoms with Crippen molar-refractivity contribution in [2.24, 2.45) is 0 Å². The van der Waals surface area contributed by atoms with Crippen LogP contribution in [0.2, 0.25) is 0 Å². The molecule has 86 valence electrons.